The first-order chi connectivity index (χ1) is 9.48. The monoisotopic (exact) mass is 298 g/mol. The van der Waals surface area contributed by atoms with Crippen LogP contribution in [-0.2, 0) is 9.53 Å². The minimum absolute atomic E-state index is 0.0996. The molecule has 0 unspecified atom stereocenters. The van der Waals surface area contributed by atoms with Gasteiger partial charge in [-0.15, -0.1) is 0 Å². The van der Waals surface area contributed by atoms with Crippen molar-refractivity contribution in [2.45, 2.75) is 71.9 Å². The summed E-state index contributed by atoms with van der Waals surface area (Å²) < 4.78 is 5.24. The number of likely N-dealkylation sites (tertiary alicyclic amines) is 1. The molecule has 2 amide bonds. The molecule has 0 radical (unpaired) electrons. The van der Waals surface area contributed by atoms with Crippen molar-refractivity contribution in [2.24, 2.45) is 5.92 Å². The Morgan fingerprint density at radius 1 is 1.24 bits per heavy atom. The van der Waals surface area contributed by atoms with Crippen LogP contribution in [0.25, 0.3) is 0 Å². The smallest absolute Gasteiger partial charge is 0.408 e. The Bertz CT molecular complexity index is 385. The van der Waals surface area contributed by atoms with E-state index in [9.17, 15) is 9.59 Å². The zero-order valence-corrected chi connectivity index (χ0v) is 14.3. The summed E-state index contributed by atoms with van der Waals surface area (Å²) >= 11 is 0. The summed E-state index contributed by atoms with van der Waals surface area (Å²) in [7, 11) is 0. The van der Waals surface area contributed by atoms with Crippen LogP contribution in [0.1, 0.15) is 60.8 Å². The van der Waals surface area contributed by atoms with Gasteiger partial charge in [-0.1, -0.05) is 6.92 Å². The largest absolute Gasteiger partial charge is 0.444 e. The summed E-state index contributed by atoms with van der Waals surface area (Å²) in [5, 5.41) is 2.79. The predicted molar refractivity (Wildman–Crippen MR) is 83.0 cm³/mol. The summed E-state index contributed by atoms with van der Waals surface area (Å²) in [6.07, 6.45) is 2.06. The van der Waals surface area contributed by atoms with E-state index in [2.05, 4.69) is 12.2 Å². The van der Waals surface area contributed by atoms with Crippen molar-refractivity contribution in [3.05, 3.63) is 0 Å². The Hall–Kier alpha value is -1.26. The van der Waals surface area contributed by atoms with E-state index in [1.807, 2.05) is 39.5 Å². The van der Waals surface area contributed by atoms with Gasteiger partial charge < -0.3 is 15.0 Å². The summed E-state index contributed by atoms with van der Waals surface area (Å²) in [4.78, 5) is 26.1. The summed E-state index contributed by atoms with van der Waals surface area (Å²) in [6, 6.07) is 0. The molecule has 122 valence electrons. The molecule has 0 aliphatic carbocycles. The lowest BCUT2D eigenvalue weighted by molar-refractivity contribution is -0.134. The first-order valence-corrected chi connectivity index (χ1v) is 7.77. The number of hydrogen-bond donors (Lipinski definition) is 1. The molecule has 1 heterocycles. The van der Waals surface area contributed by atoms with Crippen LogP contribution in [0.3, 0.4) is 0 Å². The van der Waals surface area contributed by atoms with E-state index in [1.54, 1.807) is 0 Å². The molecular formula is C16H30N2O3. The van der Waals surface area contributed by atoms with Crippen molar-refractivity contribution in [1.29, 1.82) is 0 Å². The molecule has 1 aliphatic heterocycles. The van der Waals surface area contributed by atoms with Crippen molar-refractivity contribution in [1.82, 2.24) is 10.2 Å². The molecule has 0 bridgehead atoms. The maximum atomic E-state index is 12.4. The molecule has 1 aliphatic rings. The van der Waals surface area contributed by atoms with Crippen molar-refractivity contribution in [2.75, 3.05) is 13.1 Å². The average Bonchev–Trinajstić information content (AvgIpc) is 2.24. The lowest BCUT2D eigenvalue weighted by Crippen LogP contribution is -2.50. The molecule has 1 saturated heterocycles. The van der Waals surface area contributed by atoms with Crippen LogP contribution >= 0.6 is 0 Å². The van der Waals surface area contributed by atoms with Gasteiger partial charge in [0.2, 0.25) is 5.91 Å². The third-order valence-corrected chi connectivity index (χ3v) is 3.44. The van der Waals surface area contributed by atoms with Crippen LogP contribution in [0.5, 0.6) is 0 Å². The predicted octanol–water partition coefficient (Wildman–Crippen LogP) is 2.94. The number of nitrogens with zero attached hydrogens (tertiary/aromatic N) is 1. The minimum atomic E-state index is -0.611. The van der Waals surface area contributed by atoms with Gasteiger partial charge in [0, 0.05) is 25.0 Å². The molecule has 0 aromatic rings. The summed E-state index contributed by atoms with van der Waals surface area (Å²) in [5.74, 6) is 0.659. The first kappa shape index (κ1) is 17.8. The van der Waals surface area contributed by atoms with E-state index < -0.39 is 17.2 Å². The first-order valence-electron chi connectivity index (χ1n) is 7.77. The number of ether oxygens (including phenoxy) is 1. The van der Waals surface area contributed by atoms with Gasteiger partial charge in [-0.25, -0.2) is 4.79 Å². The SMILES string of the molecule is C[C@H]1CCCN(C(=O)CC(C)(C)NC(=O)OC(C)(C)C)C1. The van der Waals surface area contributed by atoms with Crippen LogP contribution in [-0.4, -0.2) is 41.1 Å². The third kappa shape index (κ3) is 6.82. The number of carbonyl (C=O) groups excluding carboxylic acids is 2. The van der Waals surface area contributed by atoms with Crippen LogP contribution in [0.4, 0.5) is 4.79 Å². The number of amides is 2. The van der Waals surface area contributed by atoms with Gasteiger partial charge in [-0.2, -0.15) is 0 Å². The second-order valence-electron chi connectivity index (χ2n) is 7.77. The molecule has 5 heteroatoms. The summed E-state index contributed by atoms with van der Waals surface area (Å²) in [6.45, 7) is 13.0. The van der Waals surface area contributed by atoms with Gasteiger partial charge in [0.1, 0.15) is 5.60 Å². The van der Waals surface area contributed by atoms with Gasteiger partial charge in [-0.3, -0.25) is 4.79 Å². The molecule has 0 aromatic heterocycles. The Morgan fingerprint density at radius 3 is 2.38 bits per heavy atom. The Kier molecular flexibility index (Phi) is 5.65. The highest BCUT2D eigenvalue weighted by molar-refractivity contribution is 5.78. The molecule has 5 nitrogen and oxygen atoms in total. The molecule has 0 spiro atoms. The zero-order chi connectivity index (χ0) is 16.3. The number of nitrogens with one attached hydrogen (secondary N) is 1. The van der Waals surface area contributed by atoms with Gasteiger partial charge in [0.05, 0.1) is 0 Å². The Labute approximate surface area is 128 Å². The van der Waals surface area contributed by atoms with Crippen molar-refractivity contribution in [3.8, 4) is 0 Å². The standard InChI is InChI=1S/C16H30N2O3/c1-12-8-7-9-18(11-12)13(19)10-16(5,6)17-14(20)21-15(2,3)4/h12H,7-11H2,1-6H3,(H,17,20)/t12-/m0/s1. The molecule has 1 fully saturated rings. The normalized spacial score (nSPS) is 20.1. The van der Waals surface area contributed by atoms with Crippen molar-refractivity contribution < 1.29 is 14.3 Å². The lowest BCUT2D eigenvalue weighted by atomic mass is 9.96. The fourth-order valence-electron chi connectivity index (χ4n) is 2.53. The van der Waals surface area contributed by atoms with Gasteiger partial charge in [0.15, 0.2) is 0 Å². The minimum Gasteiger partial charge on any atom is -0.444 e. The number of rotatable bonds is 3. The average molecular weight is 298 g/mol. The van der Waals surface area contributed by atoms with E-state index in [4.69, 9.17) is 4.74 Å². The van der Waals surface area contributed by atoms with E-state index >= 15 is 0 Å². The quantitative estimate of drug-likeness (QED) is 0.871. The Morgan fingerprint density at radius 2 is 1.86 bits per heavy atom. The van der Waals surface area contributed by atoms with Crippen LogP contribution in [0.2, 0.25) is 0 Å². The molecule has 0 aromatic carbocycles. The molecule has 21 heavy (non-hydrogen) atoms. The van der Waals surface area contributed by atoms with Crippen molar-refractivity contribution in [3.63, 3.8) is 0 Å². The number of alkyl carbamates (subject to hydrolysis) is 1. The van der Waals surface area contributed by atoms with E-state index in [0.29, 0.717) is 12.3 Å². The van der Waals surface area contributed by atoms with Gasteiger partial charge in [-0.05, 0) is 53.4 Å². The topological polar surface area (TPSA) is 58.6 Å². The maximum Gasteiger partial charge on any atom is 0.408 e. The maximum absolute atomic E-state index is 12.4. The van der Waals surface area contributed by atoms with Crippen LogP contribution in [0.15, 0.2) is 0 Å². The fourth-order valence-corrected chi connectivity index (χ4v) is 2.53. The van der Waals surface area contributed by atoms with Crippen LogP contribution < -0.4 is 5.32 Å². The van der Waals surface area contributed by atoms with Crippen molar-refractivity contribution >= 4 is 12.0 Å². The third-order valence-electron chi connectivity index (χ3n) is 3.44. The number of hydrogen-bond acceptors (Lipinski definition) is 3. The highest BCUT2D eigenvalue weighted by atomic mass is 16.6. The van der Waals surface area contributed by atoms with Crippen LogP contribution in [0, 0.1) is 5.92 Å². The number of carbonyl (C=O) groups is 2. The second-order valence-corrected chi connectivity index (χ2v) is 7.77. The fraction of sp³-hybridized carbons (Fsp3) is 0.875. The Balaban J connectivity index is 2.51. The molecule has 1 atom stereocenters. The highest BCUT2D eigenvalue weighted by Gasteiger charge is 2.30. The lowest BCUT2D eigenvalue weighted by Gasteiger charge is -2.34. The zero-order valence-electron chi connectivity index (χ0n) is 14.3. The second kappa shape index (κ2) is 6.67. The van der Waals surface area contributed by atoms with E-state index in [-0.39, 0.29) is 5.91 Å². The molecular weight excluding hydrogens is 268 g/mol. The highest BCUT2D eigenvalue weighted by Crippen LogP contribution is 2.19. The molecule has 1 rings (SSSR count). The van der Waals surface area contributed by atoms with Gasteiger partial charge >= 0.3 is 6.09 Å². The summed E-state index contributed by atoms with van der Waals surface area (Å²) in [5.41, 5.74) is -1.15. The van der Waals surface area contributed by atoms with E-state index in [1.165, 1.54) is 6.42 Å². The van der Waals surface area contributed by atoms with E-state index in [0.717, 1.165) is 19.5 Å². The molecule has 0 saturated carbocycles. The van der Waals surface area contributed by atoms with Gasteiger partial charge in [0.25, 0.3) is 0 Å². The number of piperidine rings is 1. The molecule has 1 N–H and O–H groups in total.